The van der Waals surface area contributed by atoms with Gasteiger partial charge in [-0.15, -0.1) is 6.58 Å². The highest BCUT2D eigenvalue weighted by molar-refractivity contribution is 5.01. The highest BCUT2D eigenvalue weighted by Crippen LogP contribution is 2.20. The van der Waals surface area contributed by atoms with E-state index < -0.39 is 0 Å². The van der Waals surface area contributed by atoms with E-state index in [1.807, 2.05) is 17.7 Å². The van der Waals surface area contributed by atoms with Crippen molar-refractivity contribution in [3.63, 3.8) is 0 Å². The number of hydrogen-bond donors (Lipinski definition) is 1. The summed E-state index contributed by atoms with van der Waals surface area (Å²) in [6.45, 7) is 9.34. The van der Waals surface area contributed by atoms with Gasteiger partial charge in [0, 0.05) is 24.9 Å². The van der Waals surface area contributed by atoms with E-state index >= 15 is 0 Å². The third-order valence-corrected chi connectivity index (χ3v) is 2.52. The van der Waals surface area contributed by atoms with Gasteiger partial charge >= 0.3 is 0 Å². The van der Waals surface area contributed by atoms with Gasteiger partial charge in [-0.2, -0.15) is 5.10 Å². The summed E-state index contributed by atoms with van der Waals surface area (Å²) in [6.07, 6.45) is 4.27. The average Bonchev–Trinajstić information content (AvgIpc) is 2.65. The molecule has 0 saturated carbocycles. The summed E-state index contributed by atoms with van der Waals surface area (Å²) in [5, 5.41) is 4.12. The molecule has 1 atom stereocenters. The summed E-state index contributed by atoms with van der Waals surface area (Å²) in [5.41, 5.74) is 5.61. The van der Waals surface area contributed by atoms with Gasteiger partial charge in [-0.3, -0.25) is 4.68 Å². The van der Waals surface area contributed by atoms with Crippen LogP contribution in [-0.2, 0) is 13.0 Å². The standard InChI is InChI=1S/C10H18N4/c1-4-10(3,7-11)6-9-12-8-13-14(9)5-2/h4,8H,1,5-7,11H2,2-3H3. The highest BCUT2D eigenvalue weighted by Gasteiger charge is 2.21. The Hall–Kier alpha value is -1.16. The van der Waals surface area contributed by atoms with Gasteiger partial charge in [-0.05, 0) is 6.92 Å². The van der Waals surface area contributed by atoms with Crippen LogP contribution in [0.1, 0.15) is 19.7 Å². The van der Waals surface area contributed by atoms with E-state index in [1.165, 1.54) is 0 Å². The molecule has 1 aromatic heterocycles. The third-order valence-electron chi connectivity index (χ3n) is 2.52. The van der Waals surface area contributed by atoms with Crippen LogP contribution < -0.4 is 5.73 Å². The monoisotopic (exact) mass is 194 g/mol. The van der Waals surface area contributed by atoms with Gasteiger partial charge < -0.3 is 5.73 Å². The molecule has 1 heterocycles. The van der Waals surface area contributed by atoms with Gasteiger partial charge in [0.25, 0.3) is 0 Å². The van der Waals surface area contributed by atoms with Crippen LogP contribution in [0.25, 0.3) is 0 Å². The Morgan fingerprint density at radius 3 is 2.93 bits per heavy atom. The first-order valence-electron chi connectivity index (χ1n) is 4.85. The minimum absolute atomic E-state index is 0.0834. The van der Waals surface area contributed by atoms with E-state index in [2.05, 4.69) is 23.6 Å². The van der Waals surface area contributed by atoms with Crippen LogP contribution in [-0.4, -0.2) is 21.3 Å². The second kappa shape index (κ2) is 4.37. The van der Waals surface area contributed by atoms with Crippen LogP contribution in [0.15, 0.2) is 19.0 Å². The number of rotatable bonds is 5. The summed E-state index contributed by atoms with van der Waals surface area (Å²) in [5.74, 6) is 0.973. The second-order valence-electron chi connectivity index (χ2n) is 3.73. The zero-order valence-corrected chi connectivity index (χ0v) is 8.90. The Bertz CT molecular complexity index is 305. The number of hydrogen-bond acceptors (Lipinski definition) is 3. The fraction of sp³-hybridized carbons (Fsp3) is 0.600. The van der Waals surface area contributed by atoms with E-state index in [4.69, 9.17) is 5.73 Å². The lowest BCUT2D eigenvalue weighted by Gasteiger charge is -2.22. The topological polar surface area (TPSA) is 56.7 Å². The van der Waals surface area contributed by atoms with Crippen LogP contribution in [0, 0.1) is 5.41 Å². The summed E-state index contributed by atoms with van der Waals surface area (Å²) < 4.78 is 1.89. The van der Waals surface area contributed by atoms with E-state index in [0.29, 0.717) is 6.54 Å². The Morgan fingerprint density at radius 2 is 2.43 bits per heavy atom. The average molecular weight is 194 g/mol. The normalized spacial score (nSPS) is 15.1. The second-order valence-corrected chi connectivity index (χ2v) is 3.73. The van der Waals surface area contributed by atoms with Crippen molar-refractivity contribution < 1.29 is 0 Å². The van der Waals surface area contributed by atoms with Gasteiger partial charge in [-0.1, -0.05) is 13.0 Å². The van der Waals surface area contributed by atoms with Gasteiger partial charge in [0.15, 0.2) is 0 Å². The number of aromatic nitrogens is 3. The Balaban J connectivity index is 2.81. The summed E-state index contributed by atoms with van der Waals surface area (Å²) in [4.78, 5) is 4.22. The lowest BCUT2D eigenvalue weighted by atomic mass is 9.87. The molecule has 1 unspecified atom stereocenters. The molecule has 2 N–H and O–H groups in total. The Labute approximate surface area is 84.8 Å². The number of aryl methyl sites for hydroxylation is 1. The highest BCUT2D eigenvalue weighted by atomic mass is 15.3. The first kappa shape index (κ1) is 10.9. The molecule has 4 heteroatoms. The number of nitrogens with two attached hydrogens (primary N) is 1. The molecule has 4 nitrogen and oxygen atoms in total. The Kier molecular flexibility index (Phi) is 3.41. The largest absolute Gasteiger partial charge is 0.330 e. The lowest BCUT2D eigenvalue weighted by Crippen LogP contribution is -2.28. The van der Waals surface area contributed by atoms with Crippen molar-refractivity contribution in [2.45, 2.75) is 26.8 Å². The van der Waals surface area contributed by atoms with E-state index in [-0.39, 0.29) is 5.41 Å². The Morgan fingerprint density at radius 1 is 1.71 bits per heavy atom. The maximum atomic E-state index is 5.70. The minimum Gasteiger partial charge on any atom is -0.330 e. The maximum Gasteiger partial charge on any atom is 0.138 e. The molecule has 78 valence electrons. The molecule has 0 aliphatic heterocycles. The molecular formula is C10H18N4. The molecule has 0 bridgehead atoms. The van der Waals surface area contributed by atoms with Crippen molar-refractivity contribution in [3.05, 3.63) is 24.8 Å². The number of nitrogens with zero attached hydrogens (tertiary/aromatic N) is 3. The molecule has 14 heavy (non-hydrogen) atoms. The summed E-state index contributed by atoms with van der Waals surface area (Å²) in [6, 6.07) is 0. The van der Waals surface area contributed by atoms with Crippen LogP contribution in [0.4, 0.5) is 0 Å². The van der Waals surface area contributed by atoms with Gasteiger partial charge in [0.2, 0.25) is 0 Å². The van der Waals surface area contributed by atoms with E-state index in [9.17, 15) is 0 Å². The van der Waals surface area contributed by atoms with Gasteiger partial charge in [0.05, 0.1) is 0 Å². The zero-order chi connectivity index (χ0) is 10.6. The lowest BCUT2D eigenvalue weighted by molar-refractivity contribution is 0.413. The summed E-state index contributed by atoms with van der Waals surface area (Å²) in [7, 11) is 0. The van der Waals surface area contributed by atoms with Gasteiger partial charge in [-0.25, -0.2) is 4.98 Å². The van der Waals surface area contributed by atoms with Crippen molar-refractivity contribution in [1.82, 2.24) is 14.8 Å². The first-order valence-corrected chi connectivity index (χ1v) is 4.85. The van der Waals surface area contributed by atoms with Crippen molar-refractivity contribution in [1.29, 1.82) is 0 Å². The SMILES string of the molecule is C=CC(C)(CN)Cc1ncnn1CC. The van der Waals surface area contributed by atoms with Gasteiger partial charge in [0.1, 0.15) is 12.2 Å². The molecule has 0 radical (unpaired) electrons. The fourth-order valence-electron chi connectivity index (χ4n) is 1.28. The molecule has 0 saturated heterocycles. The predicted octanol–water partition coefficient (Wildman–Crippen LogP) is 0.991. The molecule has 0 fully saturated rings. The third kappa shape index (κ3) is 2.20. The van der Waals surface area contributed by atoms with Crippen molar-refractivity contribution >= 4 is 0 Å². The van der Waals surface area contributed by atoms with Crippen LogP contribution in [0.3, 0.4) is 0 Å². The maximum absolute atomic E-state index is 5.70. The van der Waals surface area contributed by atoms with Crippen LogP contribution in [0.5, 0.6) is 0 Å². The molecule has 0 spiro atoms. The summed E-state index contributed by atoms with van der Waals surface area (Å²) >= 11 is 0. The molecule has 0 amide bonds. The van der Waals surface area contributed by atoms with Crippen molar-refractivity contribution in [3.8, 4) is 0 Å². The van der Waals surface area contributed by atoms with Crippen molar-refractivity contribution in [2.24, 2.45) is 11.1 Å². The minimum atomic E-state index is -0.0834. The zero-order valence-electron chi connectivity index (χ0n) is 8.90. The predicted molar refractivity (Wildman–Crippen MR) is 56.8 cm³/mol. The first-order chi connectivity index (χ1) is 6.65. The molecule has 1 aromatic rings. The molecule has 0 aromatic carbocycles. The molecule has 0 aliphatic rings. The van der Waals surface area contributed by atoms with E-state index in [1.54, 1.807) is 6.33 Å². The smallest absolute Gasteiger partial charge is 0.138 e. The molecule has 0 aliphatic carbocycles. The van der Waals surface area contributed by atoms with E-state index in [0.717, 1.165) is 18.8 Å². The molecule has 1 rings (SSSR count). The van der Waals surface area contributed by atoms with Crippen LogP contribution >= 0.6 is 0 Å². The molecular weight excluding hydrogens is 176 g/mol. The quantitative estimate of drug-likeness (QED) is 0.711. The fourth-order valence-corrected chi connectivity index (χ4v) is 1.28. The van der Waals surface area contributed by atoms with Crippen LogP contribution in [0.2, 0.25) is 0 Å². The van der Waals surface area contributed by atoms with Crippen molar-refractivity contribution in [2.75, 3.05) is 6.54 Å².